The molecule has 0 spiro atoms. The number of nitrogens with two attached hydrogens (primary N) is 5. The van der Waals surface area contributed by atoms with Crippen molar-refractivity contribution < 1.29 is 48.3 Å². The predicted octanol–water partition coefficient (Wildman–Crippen LogP) is -0.523. The smallest absolute Gasteiger partial charge is 0.326 e. The third kappa shape index (κ3) is 23.6. The Morgan fingerprint density at radius 2 is 0.778 bits per heavy atom. The van der Waals surface area contributed by atoms with Crippen molar-refractivity contribution in [2.75, 3.05) is 26.2 Å². The van der Waals surface area contributed by atoms with Crippen LogP contribution in [0.2, 0.25) is 0 Å². The molecule has 0 radical (unpaired) electrons. The van der Waals surface area contributed by atoms with Crippen molar-refractivity contribution in [3.8, 4) is 0 Å². The summed E-state index contributed by atoms with van der Waals surface area (Å²) in [6, 6.07) is 3.34. The van der Waals surface area contributed by atoms with Crippen molar-refractivity contribution in [1.82, 2.24) is 63.1 Å². The van der Waals surface area contributed by atoms with Gasteiger partial charge in [-0.2, -0.15) is 0 Å². The van der Waals surface area contributed by atoms with Gasteiger partial charge in [0, 0.05) is 60.1 Å². The number of unbranched alkanes of at least 4 members (excludes halogenated alkanes) is 2. The Labute approximate surface area is 525 Å². The zero-order chi connectivity index (χ0) is 66.6. The van der Waals surface area contributed by atoms with E-state index in [1.807, 2.05) is 48.5 Å². The molecule has 4 rings (SSSR count). The van der Waals surface area contributed by atoms with Crippen LogP contribution in [0.3, 0.4) is 0 Å². The fraction of sp³-hybridized carbons (Fsp3) is 0.557. The molecule has 29 heteroatoms. The van der Waals surface area contributed by atoms with Crippen LogP contribution in [0.1, 0.15) is 117 Å². The second kappa shape index (κ2) is 37.2. The second-order valence-corrected chi connectivity index (χ2v) is 23.6. The van der Waals surface area contributed by atoms with E-state index in [2.05, 4.69) is 63.1 Å². The molecule has 8 amide bonds. The van der Waals surface area contributed by atoms with E-state index >= 15 is 0 Å². The van der Waals surface area contributed by atoms with E-state index in [0.717, 1.165) is 27.4 Å². The van der Waals surface area contributed by atoms with Crippen LogP contribution in [0, 0.1) is 28.6 Å². The topological polar surface area (TPSA) is 504 Å². The van der Waals surface area contributed by atoms with E-state index in [0.29, 0.717) is 31.2 Å². The van der Waals surface area contributed by atoms with Crippen LogP contribution in [0.5, 0.6) is 0 Å². The predicted molar refractivity (Wildman–Crippen MR) is 344 cm³/mol. The molecule has 0 bridgehead atoms. The second-order valence-electron chi connectivity index (χ2n) is 23.6. The molecule has 0 saturated heterocycles. The number of benzene rings is 2. The number of aromatic amines is 2. The molecule has 0 unspecified atom stereocenters. The van der Waals surface area contributed by atoms with Gasteiger partial charge in [-0.25, -0.2) is 4.79 Å². The molecule has 0 saturated carbocycles. The molecule has 2 heterocycles. The van der Waals surface area contributed by atoms with E-state index < -0.39 is 119 Å². The van der Waals surface area contributed by atoms with Crippen LogP contribution in [0.25, 0.3) is 21.8 Å². The van der Waals surface area contributed by atoms with Gasteiger partial charge in [0.05, 0.1) is 6.04 Å². The summed E-state index contributed by atoms with van der Waals surface area (Å²) in [6.45, 7) is 11.1. The van der Waals surface area contributed by atoms with Crippen LogP contribution in [-0.4, -0.2) is 161 Å². The monoisotopic (exact) mass is 1260 g/mol. The molecule has 0 aliphatic heterocycles. The van der Waals surface area contributed by atoms with Gasteiger partial charge in [0.25, 0.3) is 0 Å². The van der Waals surface area contributed by atoms with Crippen LogP contribution < -0.4 is 81.8 Å². The summed E-state index contributed by atoms with van der Waals surface area (Å²) in [7, 11) is 0. The summed E-state index contributed by atoms with van der Waals surface area (Å²) in [5.74, 6) is -9.46. The normalized spacial score (nSPS) is 14.4. The summed E-state index contributed by atoms with van der Waals surface area (Å²) < 4.78 is 0. The molecular formula is C61H97N19O10. The molecule has 496 valence electrons. The van der Waals surface area contributed by atoms with Gasteiger partial charge in [-0.05, 0) is 118 Å². The highest BCUT2D eigenvalue weighted by molar-refractivity contribution is 5.99. The number of carbonyl (C=O) groups is 9. The minimum absolute atomic E-state index is 0.0318. The first-order valence-corrected chi connectivity index (χ1v) is 30.8. The van der Waals surface area contributed by atoms with Crippen LogP contribution >= 0.6 is 0 Å². The molecule has 0 aliphatic rings. The summed E-state index contributed by atoms with van der Waals surface area (Å²) in [4.78, 5) is 134. The highest BCUT2D eigenvalue weighted by atomic mass is 16.4. The van der Waals surface area contributed by atoms with Crippen LogP contribution in [-0.2, 0) is 56.0 Å². The number of guanidine groups is 2. The standard InChI is InChI=1S/C61H97N19O10/c1-33(2)48(64)56(86)77-46(29-36-31-71-40-19-9-7-17-38(36)40)54(84)80-50(35(5)6)58(88)78-47(30-37-32-72-41-20-10-8-18-39(37)41)55(85)79-49(34(3)4)57(87)75-44(23-15-27-69-60(65)66)52(82)73-42(21-11-13-25-62)51(81)74-43(22-12-14-26-63)53(83)76-45(59(89)90)24-16-28-70-61(67)68/h7-10,17-20,31-35,42-50,71-72H,11-16,21-30,62-64H2,1-6H3,(H,73,82)(H,74,81)(H,75,87)(H,76,83)(H,77,86)(H,78,88)(H,79,85)(H,80,84)(H,89,90)(H4,65,66,69)(H4,67,68,70)/t42-,43-,44-,45-,46-,47-,48-,49-,50-/m0/s1. The van der Waals surface area contributed by atoms with Gasteiger partial charge in [0.2, 0.25) is 47.3 Å². The summed E-state index contributed by atoms with van der Waals surface area (Å²) >= 11 is 0. The van der Waals surface area contributed by atoms with E-state index in [1.54, 1.807) is 53.9 Å². The maximum absolute atomic E-state index is 14.9. The number of amides is 8. The Bertz CT molecular complexity index is 3050. The zero-order valence-corrected chi connectivity index (χ0v) is 52.5. The number of hydrogen-bond acceptors (Lipinski definition) is 14. The van der Waals surface area contributed by atoms with Crippen molar-refractivity contribution in [1.29, 1.82) is 10.8 Å². The molecule has 90 heavy (non-hydrogen) atoms. The van der Waals surface area contributed by atoms with Gasteiger partial charge in [-0.3, -0.25) is 49.2 Å². The maximum atomic E-state index is 14.9. The average Bonchev–Trinajstić information content (AvgIpc) is 2.02. The number of carbonyl (C=O) groups excluding carboxylic acids is 8. The number of aliphatic carboxylic acids is 1. The number of aromatic nitrogens is 2. The fourth-order valence-electron chi connectivity index (χ4n) is 10.1. The summed E-state index contributed by atoms with van der Waals surface area (Å²) in [5.41, 5.74) is 31.6. The highest BCUT2D eigenvalue weighted by Gasteiger charge is 2.37. The van der Waals surface area contributed by atoms with Crippen molar-refractivity contribution in [2.45, 2.75) is 173 Å². The first kappa shape index (κ1) is 73.6. The maximum Gasteiger partial charge on any atom is 0.326 e. The minimum atomic E-state index is -1.38. The van der Waals surface area contributed by atoms with Crippen molar-refractivity contribution >= 4 is 87.0 Å². The van der Waals surface area contributed by atoms with Gasteiger partial charge < -0.3 is 96.9 Å². The van der Waals surface area contributed by atoms with E-state index in [4.69, 9.17) is 39.5 Å². The Hall–Kier alpha value is -8.83. The van der Waals surface area contributed by atoms with Gasteiger partial charge in [-0.15, -0.1) is 0 Å². The van der Waals surface area contributed by atoms with Crippen LogP contribution in [0.4, 0.5) is 0 Å². The molecule has 0 aliphatic carbocycles. The third-order valence-electron chi connectivity index (χ3n) is 15.4. The number of rotatable bonds is 40. The number of fused-ring (bicyclic) bond motifs is 2. The van der Waals surface area contributed by atoms with Gasteiger partial charge in [0.1, 0.15) is 48.3 Å². The quantitative estimate of drug-likeness (QED) is 0.0151. The average molecular weight is 1260 g/mol. The molecule has 2 aromatic heterocycles. The molecule has 4 aromatic rings. The lowest BCUT2D eigenvalue weighted by Gasteiger charge is -2.30. The lowest BCUT2D eigenvalue weighted by molar-refractivity contribution is -0.142. The minimum Gasteiger partial charge on any atom is -0.480 e. The molecule has 0 fully saturated rings. The van der Waals surface area contributed by atoms with E-state index in [-0.39, 0.29) is 95.4 Å². The Morgan fingerprint density at radius 1 is 0.444 bits per heavy atom. The zero-order valence-electron chi connectivity index (χ0n) is 52.5. The van der Waals surface area contributed by atoms with Crippen molar-refractivity contribution in [3.63, 3.8) is 0 Å². The number of hydrogen-bond donors (Lipinski definition) is 20. The van der Waals surface area contributed by atoms with E-state index in [1.165, 1.54) is 0 Å². The SMILES string of the molecule is CC(C)[C@H](N)C(=O)N[C@@H](Cc1c[nH]c2ccccc12)C(=O)N[C@H](C(=O)N[C@@H](Cc1c[nH]c2ccccc12)C(=O)N[C@H](C(=O)N[C@@H](CCCNC(=N)N)C(=O)N[C@@H](CCCCN)C(=O)N[C@@H](CCCCN)C(=O)N[C@@H](CCCNC(=N)N)C(=O)O)C(C)C)C(C)C. The molecule has 9 atom stereocenters. The largest absolute Gasteiger partial charge is 0.480 e. The van der Waals surface area contributed by atoms with Gasteiger partial charge in [0.15, 0.2) is 11.9 Å². The number of para-hydroxylation sites is 2. The Morgan fingerprint density at radius 3 is 1.14 bits per heavy atom. The van der Waals surface area contributed by atoms with Crippen LogP contribution in [0.15, 0.2) is 60.9 Å². The molecule has 29 nitrogen and oxygen atoms in total. The highest BCUT2D eigenvalue weighted by Crippen LogP contribution is 2.22. The lowest BCUT2D eigenvalue weighted by Crippen LogP contribution is -2.62. The summed E-state index contributed by atoms with van der Waals surface area (Å²) in [5, 5.41) is 53.8. The molecular weight excluding hydrogens is 1160 g/mol. The first-order valence-electron chi connectivity index (χ1n) is 30.8. The summed E-state index contributed by atoms with van der Waals surface area (Å²) in [6.07, 6.45) is 5.37. The first-order chi connectivity index (χ1) is 42.8. The Kier molecular flexibility index (Phi) is 30.5. The van der Waals surface area contributed by atoms with Gasteiger partial charge in [-0.1, -0.05) is 77.9 Å². The fourth-order valence-corrected chi connectivity index (χ4v) is 10.1. The third-order valence-corrected chi connectivity index (χ3v) is 15.4. The van der Waals surface area contributed by atoms with Crippen molar-refractivity contribution in [3.05, 3.63) is 72.1 Å². The lowest BCUT2D eigenvalue weighted by atomic mass is 9.98. The van der Waals surface area contributed by atoms with Crippen molar-refractivity contribution in [2.24, 2.45) is 46.4 Å². The number of nitrogens with one attached hydrogen (secondary N) is 14. The van der Waals surface area contributed by atoms with E-state index in [9.17, 15) is 48.3 Å². The number of H-pyrrole nitrogens is 2. The number of carboxylic acids is 1. The molecule has 2 aromatic carbocycles. The van der Waals surface area contributed by atoms with Gasteiger partial charge >= 0.3 is 5.97 Å². The number of carboxylic acid groups (broad SMARTS) is 1. The Balaban J connectivity index is 1.64. The molecule has 25 N–H and O–H groups in total.